The molecule has 0 bridgehead atoms. The van der Waals surface area contributed by atoms with E-state index in [9.17, 15) is 23.3 Å². The number of para-hydroxylation sites is 2. The molecule has 0 unspecified atom stereocenters. The summed E-state index contributed by atoms with van der Waals surface area (Å²) in [6.07, 6.45) is -1.44. The van der Waals surface area contributed by atoms with Crippen LogP contribution in [0.2, 0.25) is 0 Å². The van der Waals surface area contributed by atoms with Crippen LogP contribution >= 0.6 is 10.7 Å². The van der Waals surface area contributed by atoms with Gasteiger partial charge in [-0.2, -0.15) is 8.42 Å². The highest BCUT2D eigenvalue weighted by Gasteiger charge is 2.19. The molecule has 0 spiro atoms. The highest BCUT2D eigenvalue weighted by molar-refractivity contribution is 8.12. The highest BCUT2D eigenvalue weighted by Crippen LogP contribution is 2.25. The molecule has 1 aromatic carbocycles. The van der Waals surface area contributed by atoms with Crippen molar-refractivity contribution >= 4 is 31.7 Å². The van der Waals surface area contributed by atoms with Gasteiger partial charge in [-0.15, -0.1) is 0 Å². The van der Waals surface area contributed by atoms with E-state index < -0.39 is 31.7 Å². The zero-order chi connectivity index (χ0) is 13.1. The smallest absolute Gasteiger partial charge is 0.402 e. The Balaban J connectivity index is 2.89. The number of nitrogens with one attached hydrogen (secondary N) is 1. The fourth-order valence-electron chi connectivity index (χ4n) is 0.915. The second-order valence-corrected chi connectivity index (χ2v) is 4.95. The summed E-state index contributed by atoms with van der Waals surface area (Å²) in [6.45, 7) is 0. The first-order valence-corrected chi connectivity index (χ1v) is 6.28. The summed E-state index contributed by atoms with van der Waals surface area (Å²) >= 11 is 0. The summed E-state index contributed by atoms with van der Waals surface area (Å²) in [5.74, 6) is -0.393. The Labute approximate surface area is 99.8 Å². The molecule has 0 atom stereocenters. The molecule has 0 aliphatic rings. The van der Waals surface area contributed by atoms with Crippen LogP contribution in [-0.4, -0.2) is 19.4 Å². The van der Waals surface area contributed by atoms with Gasteiger partial charge in [-0.1, -0.05) is 12.1 Å². The van der Waals surface area contributed by atoms with Crippen LogP contribution in [0.4, 0.5) is 10.5 Å². The predicted molar refractivity (Wildman–Crippen MR) is 57.0 cm³/mol. The molecular formula is C7H5ClN2O6S. The number of ether oxygens (including phenoxy) is 1. The molecule has 0 aliphatic carbocycles. The van der Waals surface area contributed by atoms with Gasteiger partial charge in [-0.3, -0.25) is 10.1 Å². The minimum Gasteiger partial charge on any atom is -0.402 e. The SMILES string of the molecule is O=C(NS(=O)(=O)Cl)Oc1ccccc1[N+](=O)[O-]. The number of nitro benzene ring substituents is 1. The summed E-state index contributed by atoms with van der Waals surface area (Å²) in [5, 5.41) is 10.5. The Morgan fingerprint density at radius 2 is 2.00 bits per heavy atom. The van der Waals surface area contributed by atoms with Crippen LogP contribution < -0.4 is 9.46 Å². The number of benzene rings is 1. The van der Waals surface area contributed by atoms with Gasteiger partial charge in [-0.25, -0.2) is 9.52 Å². The van der Waals surface area contributed by atoms with E-state index in [2.05, 4.69) is 4.74 Å². The lowest BCUT2D eigenvalue weighted by Gasteiger charge is -2.03. The number of hydrogen-bond acceptors (Lipinski definition) is 6. The van der Waals surface area contributed by atoms with Gasteiger partial charge in [0.2, 0.25) is 5.75 Å². The number of carbonyl (C=O) groups excluding carboxylic acids is 1. The van der Waals surface area contributed by atoms with Crippen LogP contribution in [-0.2, 0) is 9.24 Å². The standard InChI is InChI=1S/C7H5ClN2O6S/c8-17(14,15)9-7(11)16-6-4-2-1-3-5(6)10(12)13/h1-4H,(H,9,11). The molecule has 0 aliphatic heterocycles. The summed E-state index contributed by atoms with van der Waals surface area (Å²) in [5.41, 5.74) is -0.477. The zero-order valence-corrected chi connectivity index (χ0v) is 9.56. The summed E-state index contributed by atoms with van der Waals surface area (Å²) in [6, 6.07) is 4.97. The Kier molecular flexibility index (Phi) is 3.86. The quantitative estimate of drug-likeness (QED) is 0.505. The third-order valence-corrected chi connectivity index (χ3v) is 2.11. The molecule has 10 heteroatoms. The Bertz CT molecular complexity index is 557. The predicted octanol–water partition coefficient (Wildman–Crippen LogP) is 1.17. The van der Waals surface area contributed by atoms with Gasteiger partial charge in [0, 0.05) is 16.7 Å². The van der Waals surface area contributed by atoms with Crippen LogP contribution in [0.3, 0.4) is 0 Å². The van der Waals surface area contributed by atoms with Crippen molar-refractivity contribution in [1.29, 1.82) is 0 Å². The van der Waals surface area contributed by atoms with Gasteiger partial charge in [0.1, 0.15) is 0 Å². The Morgan fingerprint density at radius 1 is 1.41 bits per heavy atom. The lowest BCUT2D eigenvalue weighted by atomic mass is 10.3. The highest BCUT2D eigenvalue weighted by atomic mass is 35.7. The first-order chi connectivity index (χ1) is 7.79. The lowest BCUT2D eigenvalue weighted by molar-refractivity contribution is -0.385. The van der Waals surface area contributed by atoms with Gasteiger partial charge in [0.25, 0.3) is 0 Å². The molecule has 1 rings (SSSR count). The van der Waals surface area contributed by atoms with E-state index in [1.165, 1.54) is 16.9 Å². The number of rotatable bonds is 3. The van der Waals surface area contributed by atoms with Crippen molar-refractivity contribution in [3.63, 3.8) is 0 Å². The van der Waals surface area contributed by atoms with E-state index in [0.717, 1.165) is 12.1 Å². The van der Waals surface area contributed by atoms with E-state index in [4.69, 9.17) is 10.7 Å². The summed E-state index contributed by atoms with van der Waals surface area (Å²) in [7, 11) is 0.424. The van der Waals surface area contributed by atoms with Crippen molar-refractivity contribution < 1.29 is 22.9 Å². The number of amides is 1. The van der Waals surface area contributed by atoms with Crippen molar-refractivity contribution in [2.45, 2.75) is 0 Å². The molecule has 8 nitrogen and oxygen atoms in total. The van der Waals surface area contributed by atoms with E-state index >= 15 is 0 Å². The van der Waals surface area contributed by atoms with E-state index in [-0.39, 0.29) is 0 Å². The van der Waals surface area contributed by atoms with E-state index in [0.29, 0.717) is 0 Å². The van der Waals surface area contributed by atoms with E-state index in [1.807, 2.05) is 0 Å². The number of hydrogen-bond donors (Lipinski definition) is 1. The van der Waals surface area contributed by atoms with Gasteiger partial charge in [0.05, 0.1) is 4.92 Å². The van der Waals surface area contributed by atoms with Gasteiger partial charge >= 0.3 is 21.0 Å². The topological polar surface area (TPSA) is 116 Å². The maximum atomic E-state index is 11.0. The largest absolute Gasteiger partial charge is 0.427 e. The number of nitrogens with zero attached hydrogens (tertiary/aromatic N) is 1. The van der Waals surface area contributed by atoms with Gasteiger partial charge < -0.3 is 4.74 Å². The molecule has 0 radical (unpaired) electrons. The van der Waals surface area contributed by atoms with Crippen molar-refractivity contribution in [3.8, 4) is 5.75 Å². The number of nitro groups is 1. The van der Waals surface area contributed by atoms with Crippen molar-refractivity contribution in [2.24, 2.45) is 0 Å². The summed E-state index contributed by atoms with van der Waals surface area (Å²) < 4.78 is 26.7. The van der Waals surface area contributed by atoms with Crippen molar-refractivity contribution in [2.75, 3.05) is 0 Å². The molecule has 17 heavy (non-hydrogen) atoms. The van der Waals surface area contributed by atoms with Crippen LogP contribution in [0.1, 0.15) is 0 Å². The fourth-order valence-corrected chi connectivity index (χ4v) is 1.34. The Hall–Kier alpha value is -1.87. The third kappa shape index (κ3) is 4.25. The number of halogens is 1. The van der Waals surface area contributed by atoms with Gasteiger partial charge in [0.15, 0.2) is 0 Å². The van der Waals surface area contributed by atoms with Crippen molar-refractivity contribution in [1.82, 2.24) is 4.72 Å². The average Bonchev–Trinajstić information content (AvgIpc) is 2.14. The molecule has 92 valence electrons. The van der Waals surface area contributed by atoms with Crippen LogP contribution in [0.15, 0.2) is 24.3 Å². The van der Waals surface area contributed by atoms with Crippen LogP contribution in [0.25, 0.3) is 0 Å². The van der Waals surface area contributed by atoms with Gasteiger partial charge in [-0.05, 0) is 6.07 Å². The monoisotopic (exact) mass is 280 g/mol. The maximum absolute atomic E-state index is 11.0. The van der Waals surface area contributed by atoms with E-state index in [1.54, 1.807) is 0 Å². The zero-order valence-electron chi connectivity index (χ0n) is 7.99. The maximum Gasteiger partial charge on any atom is 0.427 e. The Morgan fingerprint density at radius 3 is 2.53 bits per heavy atom. The molecule has 1 amide bonds. The minimum absolute atomic E-state index is 0.393. The second-order valence-electron chi connectivity index (χ2n) is 2.65. The molecule has 0 saturated carbocycles. The van der Waals surface area contributed by atoms with Crippen LogP contribution in [0.5, 0.6) is 5.75 Å². The lowest BCUT2D eigenvalue weighted by Crippen LogP contribution is -2.29. The minimum atomic E-state index is -4.30. The first kappa shape index (κ1) is 13.2. The summed E-state index contributed by atoms with van der Waals surface area (Å²) in [4.78, 5) is 20.7. The van der Waals surface area contributed by atoms with Crippen LogP contribution in [0, 0.1) is 10.1 Å². The average molecular weight is 281 g/mol. The molecular weight excluding hydrogens is 276 g/mol. The molecule has 0 fully saturated rings. The number of carbonyl (C=O) groups is 1. The molecule has 1 N–H and O–H groups in total. The molecule has 0 saturated heterocycles. The molecule has 1 aromatic rings. The fraction of sp³-hybridized carbons (Fsp3) is 0. The molecule has 0 heterocycles. The third-order valence-electron chi connectivity index (χ3n) is 1.47. The first-order valence-electron chi connectivity index (χ1n) is 3.97. The second kappa shape index (κ2) is 4.97. The van der Waals surface area contributed by atoms with Crippen molar-refractivity contribution in [3.05, 3.63) is 34.4 Å². The normalized spacial score (nSPS) is 10.6. The molecule has 0 aromatic heterocycles.